The number of methoxy groups -OCH3 is 2. The van der Waals surface area contributed by atoms with Crippen LogP contribution in [0.15, 0.2) is 36.4 Å². The molecule has 156 valence electrons. The van der Waals surface area contributed by atoms with Crippen LogP contribution < -0.4 is 14.4 Å². The Balaban J connectivity index is 2.34. The molecule has 1 amide bonds. The van der Waals surface area contributed by atoms with Crippen molar-refractivity contribution in [3.05, 3.63) is 52.5 Å². The highest BCUT2D eigenvalue weighted by Gasteiger charge is 2.24. The molecule has 0 saturated carbocycles. The number of carbonyl (C=O) groups is 2. The molecule has 0 aliphatic heterocycles. The molecule has 1 N–H and O–H groups in total. The van der Waals surface area contributed by atoms with Gasteiger partial charge in [-0.25, -0.2) is 13.2 Å². The van der Waals surface area contributed by atoms with Crippen molar-refractivity contribution in [3.8, 4) is 5.75 Å². The number of aryl methyl sites for hydroxylation is 1. The van der Waals surface area contributed by atoms with Gasteiger partial charge >= 0.3 is 5.97 Å². The summed E-state index contributed by atoms with van der Waals surface area (Å²) in [4.78, 5) is 24.3. The molecule has 0 heterocycles. The molecular weight excluding hydrogens is 420 g/mol. The van der Waals surface area contributed by atoms with E-state index in [-0.39, 0.29) is 22.0 Å². The molecular formula is C19H21ClN2O6S. The van der Waals surface area contributed by atoms with Crippen molar-refractivity contribution >= 4 is 44.9 Å². The topological polar surface area (TPSA) is 102 Å². The van der Waals surface area contributed by atoms with E-state index in [9.17, 15) is 18.0 Å². The Morgan fingerprint density at radius 2 is 1.83 bits per heavy atom. The highest BCUT2D eigenvalue weighted by Crippen LogP contribution is 2.32. The molecule has 0 unspecified atom stereocenters. The fourth-order valence-corrected chi connectivity index (χ4v) is 3.58. The third-order valence-corrected chi connectivity index (χ3v) is 5.39. The Labute approximate surface area is 174 Å². The fraction of sp³-hybridized carbons (Fsp3) is 0.263. The van der Waals surface area contributed by atoms with Gasteiger partial charge in [-0.3, -0.25) is 9.10 Å². The smallest absolute Gasteiger partial charge is 0.337 e. The summed E-state index contributed by atoms with van der Waals surface area (Å²) in [5.74, 6) is -0.916. The number of nitrogens with one attached hydrogen (secondary N) is 1. The molecule has 0 saturated heterocycles. The standard InChI is InChI=1S/C19H21ClN2O6S/c1-12-5-6-13(19(24)28-3)9-15(12)21-18(23)11-22(29(4,25)26)16-10-14(20)7-8-17(16)27-2/h5-10H,11H2,1-4H3,(H,21,23). The van der Waals surface area contributed by atoms with E-state index in [0.717, 1.165) is 10.6 Å². The largest absolute Gasteiger partial charge is 0.495 e. The first kappa shape index (κ1) is 22.5. The van der Waals surface area contributed by atoms with Gasteiger partial charge in [0.1, 0.15) is 12.3 Å². The number of benzene rings is 2. The summed E-state index contributed by atoms with van der Waals surface area (Å²) in [5.41, 5.74) is 1.45. The Morgan fingerprint density at radius 3 is 2.41 bits per heavy atom. The van der Waals surface area contributed by atoms with Gasteiger partial charge in [-0.1, -0.05) is 17.7 Å². The normalized spacial score (nSPS) is 10.9. The van der Waals surface area contributed by atoms with Crippen LogP contribution in [0.5, 0.6) is 5.75 Å². The van der Waals surface area contributed by atoms with E-state index in [4.69, 9.17) is 16.3 Å². The van der Waals surface area contributed by atoms with E-state index in [0.29, 0.717) is 11.3 Å². The average Bonchev–Trinajstić information content (AvgIpc) is 2.66. The number of anilines is 2. The summed E-state index contributed by atoms with van der Waals surface area (Å²) in [5, 5.41) is 2.92. The molecule has 10 heteroatoms. The number of amides is 1. The van der Waals surface area contributed by atoms with Crippen LogP contribution in [0, 0.1) is 6.92 Å². The summed E-state index contributed by atoms with van der Waals surface area (Å²) in [6, 6.07) is 9.14. The third kappa shape index (κ3) is 5.61. The lowest BCUT2D eigenvalue weighted by atomic mass is 10.1. The van der Waals surface area contributed by atoms with Crippen molar-refractivity contribution in [2.45, 2.75) is 6.92 Å². The zero-order valence-electron chi connectivity index (χ0n) is 16.4. The molecule has 0 aliphatic rings. The minimum absolute atomic E-state index is 0.137. The van der Waals surface area contributed by atoms with Gasteiger partial charge in [0.2, 0.25) is 15.9 Å². The number of nitrogens with zero attached hydrogens (tertiary/aromatic N) is 1. The van der Waals surface area contributed by atoms with Crippen LogP contribution in [-0.4, -0.2) is 47.3 Å². The summed E-state index contributed by atoms with van der Waals surface area (Å²) in [6.45, 7) is 1.22. The van der Waals surface area contributed by atoms with Gasteiger partial charge in [0, 0.05) is 10.7 Å². The van der Waals surface area contributed by atoms with Crippen LogP contribution in [0.3, 0.4) is 0 Å². The maximum Gasteiger partial charge on any atom is 0.337 e. The van der Waals surface area contributed by atoms with Crippen molar-refractivity contribution in [3.63, 3.8) is 0 Å². The quantitative estimate of drug-likeness (QED) is 0.664. The first-order valence-electron chi connectivity index (χ1n) is 8.37. The number of esters is 1. The molecule has 0 bridgehead atoms. The van der Waals surface area contributed by atoms with E-state index in [1.54, 1.807) is 25.1 Å². The predicted octanol–water partition coefficient (Wildman–Crippen LogP) is 2.85. The summed E-state index contributed by atoms with van der Waals surface area (Å²) >= 11 is 5.99. The van der Waals surface area contributed by atoms with Gasteiger partial charge in [-0.2, -0.15) is 0 Å². The van der Waals surface area contributed by atoms with Gasteiger partial charge in [0.05, 0.1) is 31.7 Å². The number of ether oxygens (including phenoxy) is 2. The summed E-state index contributed by atoms with van der Waals surface area (Å²) in [7, 11) is -1.19. The number of hydrogen-bond donors (Lipinski definition) is 1. The number of hydrogen-bond acceptors (Lipinski definition) is 6. The molecule has 0 radical (unpaired) electrons. The van der Waals surface area contributed by atoms with Crippen LogP contribution in [-0.2, 0) is 19.6 Å². The Kier molecular flexibility index (Phi) is 7.10. The lowest BCUT2D eigenvalue weighted by Gasteiger charge is -2.24. The van der Waals surface area contributed by atoms with Crippen LogP contribution in [0.25, 0.3) is 0 Å². The minimum Gasteiger partial charge on any atom is -0.495 e. The number of halogens is 1. The molecule has 2 aromatic carbocycles. The fourth-order valence-electron chi connectivity index (χ4n) is 2.56. The van der Waals surface area contributed by atoms with Gasteiger partial charge in [0.15, 0.2) is 0 Å². The summed E-state index contributed by atoms with van der Waals surface area (Å²) in [6.07, 6.45) is 0.976. The van der Waals surface area contributed by atoms with Crippen molar-refractivity contribution in [1.82, 2.24) is 0 Å². The van der Waals surface area contributed by atoms with Crippen LogP contribution >= 0.6 is 11.6 Å². The van der Waals surface area contributed by atoms with E-state index in [1.807, 2.05) is 0 Å². The lowest BCUT2D eigenvalue weighted by molar-refractivity contribution is -0.114. The molecule has 0 aromatic heterocycles. The zero-order valence-corrected chi connectivity index (χ0v) is 17.9. The molecule has 0 fully saturated rings. The lowest BCUT2D eigenvalue weighted by Crippen LogP contribution is -2.37. The monoisotopic (exact) mass is 440 g/mol. The van der Waals surface area contributed by atoms with E-state index < -0.39 is 28.4 Å². The van der Waals surface area contributed by atoms with Crippen molar-refractivity contribution in [1.29, 1.82) is 0 Å². The maximum atomic E-state index is 12.6. The highest BCUT2D eigenvalue weighted by molar-refractivity contribution is 7.92. The second kappa shape index (κ2) is 9.15. The molecule has 2 rings (SSSR count). The van der Waals surface area contributed by atoms with Crippen LogP contribution in [0.4, 0.5) is 11.4 Å². The number of carbonyl (C=O) groups excluding carboxylic acids is 2. The Bertz CT molecular complexity index is 1040. The summed E-state index contributed by atoms with van der Waals surface area (Å²) < 4.78 is 35.4. The molecule has 0 spiro atoms. The molecule has 0 atom stereocenters. The second-order valence-corrected chi connectivity index (χ2v) is 8.50. The molecule has 2 aromatic rings. The van der Waals surface area contributed by atoms with Gasteiger partial charge < -0.3 is 14.8 Å². The Hall–Kier alpha value is -2.78. The van der Waals surface area contributed by atoms with Gasteiger partial charge in [0.25, 0.3) is 0 Å². The molecule has 0 aliphatic carbocycles. The average molecular weight is 441 g/mol. The Morgan fingerprint density at radius 1 is 1.14 bits per heavy atom. The first-order valence-corrected chi connectivity index (χ1v) is 10.6. The van der Waals surface area contributed by atoms with Crippen molar-refractivity contribution < 1.29 is 27.5 Å². The van der Waals surface area contributed by atoms with E-state index in [2.05, 4.69) is 10.1 Å². The van der Waals surface area contributed by atoms with E-state index >= 15 is 0 Å². The SMILES string of the molecule is COC(=O)c1ccc(C)c(NC(=O)CN(c2cc(Cl)ccc2OC)S(C)(=O)=O)c1. The van der Waals surface area contributed by atoms with Crippen molar-refractivity contribution in [2.75, 3.05) is 36.6 Å². The first-order chi connectivity index (χ1) is 13.6. The van der Waals surface area contributed by atoms with Gasteiger partial charge in [-0.15, -0.1) is 0 Å². The van der Waals surface area contributed by atoms with Gasteiger partial charge in [-0.05, 0) is 42.8 Å². The van der Waals surface area contributed by atoms with Crippen LogP contribution in [0.2, 0.25) is 5.02 Å². The molecule has 8 nitrogen and oxygen atoms in total. The van der Waals surface area contributed by atoms with E-state index in [1.165, 1.54) is 32.4 Å². The minimum atomic E-state index is -3.83. The molecule has 29 heavy (non-hydrogen) atoms. The van der Waals surface area contributed by atoms with Crippen LogP contribution in [0.1, 0.15) is 15.9 Å². The third-order valence-electron chi connectivity index (χ3n) is 4.03. The number of sulfonamides is 1. The number of rotatable bonds is 7. The highest BCUT2D eigenvalue weighted by atomic mass is 35.5. The second-order valence-electron chi connectivity index (χ2n) is 6.16. The zero-order chi connectivity index (χ0) is 21.8. The van der Waals surface area contributed by atoms with Crippen molar-refractivity contribution in [2.24, 2.45) is 0 Å². The maximum absolute atomic E-state index is 12.6. The predicted molar refractivity (Wildman–Crippen MR) is 111 cm³/mol.